The quantitative estimate of drug-likeness (QED) is 0.906. The van der Waals surface area contributed by atoms with Crippen molar-refractivity contribution >= 4 is 29.1 Å². The highest BCUT2D eigenvalue weighted by molar-refractivity contribution is 6.42. The molecule has 88 valence electrons. The Hall–Kier alpha value is -0.930. The van der Waals surface area contributed by atoms with Crippen LogP contribution in [0.25, 0.3) is 0 Å². The summed E-state index contributed by atoms with van der Waals surface area (Å²) in [5.74, 6) is 0.228. The Balaban J connectivity index is 2.73. The van der Waals surface area contributed by atoms with E-state index < -0.39 is 6.10 Å². The van der Waals surface area contributed by atoms with Gasteiger partial charge in [0.05, 0.1) is 5.02 Å². The molecule has 0 heterocycles. The molecule has 0 fully saturated rings. The Morgan fingerprint density at radius 2 is 2.19 bits per heavy atom. The SMILES string of the molecule is CCNC(=O)C(C)Oc1cccc(Cl)c1Cl. The summed E-state index contributed by atoms with van der Waals surface area (Å²) in [4.78, 5) is 11.4. The number of likely N-dealkylation sites (N-methyl/N-ethyl adjacent to an activating group) is 1. The van der Waals surface area contributed by atoms with Crippen molar-refractivity contribution < 1.29 is 9.53 Å². The number of ether oxygens (including phenoxy) is 1. The normalized spacial score (nSPS) is 12.0. The van der Waals surface area contributed by atoms with Gasteiger partial charge >= 0.3 is 0 Å². The van der Waals surface area contributed by atoms with Gasteiger partial charge in [-0.1, -0.05) is 29.3 Å². The van der Waals surface area contributed by atoms with E-state index in [9.17, 15) is 4.79 Å². The summed E-state index contributed by atoms with van der Waals surface area (Å²) in [6.07, 6.45) is -0.601. The second kappa shape index (κ2) is 5.97. The maximum Gasteiger partial charge on any atom is 0.260 e. The molecule has 0 bridgehead atoms. The fourth-order valence-corrected chi connectivity index (χ4v) is 1.47. The van der Waals surface area contributed by atoms with Crippen LogP contribution in [0.5, 0.6) is 5.75 Å². The summed E-state index contributed by atoms with van der Waals surface area (Å²) in [6.45, 7) is 4.06. The molecule has 0 aliphatic heterocycles. The molecule has 0 radical (unpaired) electrons. The monoisotopic (exact) mass is 261 g/mol. The molecule has 1 amide bonds. The van der Waals surface area contributed by atoms with E-state index in [1.54, 1.807) is 25.1 Å². The van der Waals surface area contributed by atoms with E-state index in [4.69, 9.17) is 27.9 Å². The second-order valence-corrected chi connectivity index (χ2v) is 3.99. The maximum atomic E-state index is 11.4. The second-order valence-electron chi connectivity index (χ2n) is 3.21. The van der Waals surface area contributed by atoms with Gasteiger partial charge in [-0.2, -0.15) is 0 Å². The third kappa shape index (κ3) is 3.29. The van der Waals surface area contributed by atoms with Gasteiger partial charge in [-0.3, -0.25) is 4.79 Å². The molecule has 1 rings (SSSR count). The zero-order valence-electron chi connectivity index (χ0n) is 9.09. The first-order chi connectivity index (χ1) is 7.56. The summed E-state index contributed by atoms with van der Waals surface area (Å²) in [5.41, 5.74) is 0. The van der Waals surface area contributed by atoms with E-state index in [1.807, 2.05) is 6.92 Å². The molecule has 3 nitrogen and oxygen atoms in total. The maximum absolute atomic E-state index is 11.4. The van der Waals surface area contributed by atoms with Gasteiger partial charge < -0.3 is 10.1 Å². The highest BCUT2D eigenvalue weighted by Crippen LogP contribution is 2.31. The number of carbonyl (C=O) groups is 1. The Bertz CT molecular complexity index is 382. The summed E-state index contributed by atoms with van der Waals surface area (Å²) in [5, 5.41) is 3.38. The first-order valence-corrected chi connectivity index (χ1v) is 5.70. The van der Waals surface area contributed by atoms with Crippen LogP contribution in [0.4, 0.5) is 0 Å². The first-order valence-electron chi connectivity index (χ1n) is 4.94. The van der Waals surface area contributed by atoms with Crippen LogP contribution in [0.1, 0.15) is 13.8 Å². The molecule has 0 aromatic heterocycles. The van der Waals surface area contributed by atoms with Crippen LogP contribution in [0.3, 0.4) is 0 Å². The number of nitrogens with one attached hydrogen (secondary N) is 1. The number of benzene rings is 1. The van der Waals surface area contributed by atoms with Gasteiger partial charge in [0, 0.05) is 6.54 Å². The molecule has 1 atom stereocenters. The third-order valence-electron chi connectivity index (χ3n) is 1.94. The van der Waals surface area contributed by atoms with Crippen molar-refractivity contribution in [2.45, 2.75) is 20.0 Å². The van der Waals surface area contributed by atoms with Gasteiger partial charge in [-0.15, -0.1) is 0 Å². The fourth-order valence-electron chi connectivity index (χ4n) is 1.14. The molecular formula is C11H13Cl2NO2. The zero-order chi connectivity index (χ0) is 12.1. The van der Waals surface area contributed by atoms with E-state index >= 15 is 0 Å². The number of carbonyl (C=O) groups excluding carboxylic acids is 1. The van der Waals surface area contributed by atoms with Crippen LogP contribution in [0.2, 0.25) is 10.0 Å². The van der Waals surface area contributed by atoms with Crippen LogP contribution in [-0.4, -0.2) is 18.6 Å². The minimum Gasteiger partial charge on any atom is -0.479 e. The van der Waals surface area contributed by atoms with Gasteiger partial charge in [0.15, 0.2) is 6.10 Å². The topological polar surface area (TPSA) is 38.3 Å². The van der Waals surface area contributed by atoms with E-state index in [2.05, 4.69) is 5.32 Å². The molecule has 0 spiro atoms. The lowest BCUT2D eigenvalue weighted by atomic mass is 10.3. The number of hydrogen-bond donors (Lipinski definition) is 1. The molecule has 1 unspecified atom stereocenters. The minimum atomic E-state index is -0.601. The van der Waals surface area contributed by atoms with Crippen LogP contribution >= 0.6 is 23.2 Å². The van der Waals surface area contributed by atoms with E-state index in [0.717, 1.165) is 0 Å². The Morgan fingerprint density at radius 1 is 1.50 bits per heavy atom. The molecule has 0 saturated carbocycles. The molecule has 0 aliphatic carbocycles. The number of amides is 1. The minimum absolute atomic E-state index is 0.182. The first kappa shape index (κ1) is 13.1. The van der Waals surface area contributed by atoms with Gasteiger partial charge in [0.1, 0.15) is 10.8 Å². The number of halogens is 2. The lowest BCUT2D eigenvalue weighted by Crippen LogP contribution is -2.36. The molecule has 1 N–H and O–H groups in total. The fraction of sp³-hybridized carbons (Fsp3) is 0.364. The Kier molecular flexibility index (Phi) is 4.90. The van der Waals surface area contributed by atoms with Crippen molar-refractivity contribution in [3.8, 4) is 5.75 Å². The molecule has 1 aromatic carbocycles. The smallest absolute Gasteiger partial charge is 0.260 e. The Labute approximate surface area is 105 Å². The van der Waals surface area contributed by atoms with Crippen molar-refractivity contribution in [2.75, 3.05) is 6.54 Å². The molecule has 16 heavy (non-hydrogen) atoms. The van der Waals surface area contributed by atoms with Crippen LogP contribution in [0.15, 0.2) is 18.2 Å². The molecule has 0 saturated heterocycles. The van der Waals surface area contributed by atoms with Gasteiger partial charge in [-0.05, 0) is 26.0 Å². The average molecular weight is 262 g/mol. The highest BCUT2D eigenvalue weighted by Gasteiger charge is 2.15. The summed E-state index contributed by atoms with van der Waals surface area (Å²) < 4.78 is 5.41. The predicted octanol–water partition coefficient (Wildman–Crippen LogP) is 2.90. The standard InChI is InChI=1S/C11H13Cl2NO2/c1-3-14-11(15)7(2)16-9-6-4-5-8(12)10(9)13/h4-7H,3H2,1-2H3,(H,14,15). The van der Waals surface area contributed by atoms with E-state index in [0.29, 0.717) is 22.3 Å². The summed E-state index contributed by atoms with van der Waals surface area (Å²) >= 11 is 11.8. The Morgan fingerprint density at radius 3 is 2.81 bits per heavy atom. The molecular weight excluding hydrogens is 249 g/mol. The van der Waals surface area contributed by atoms with Crippen molar-refractivity contribution in [1.29, 1.82) is 0 Å². The van der Waals surface area contributed by atoms with Crippen LogP contribution in [-0.2, 0) is 4.79 Å². The van der Waals surface area contributed by atoms with Gasteiger partial charge in [0.25, 0.3) is 5.91 Å². The molecule has 5 heteroatoms. The van der Waals surface area contributed by atoms with Gasteiger partial charge in [-0.25, -0.2) is 0 Å². The third-order valence-corrected chi connectivity index (χ3v) is 2.74. The van der Waals surface area contributed by atoms with Crippen LogP contribution in [0, 0.1) is 0 Å². The molecule has 0 aliphatic rings. The zero-order valence-corrected chi connectivity index (χ0v) is 10.6. The van der Waals surface area contributed by atoms with Gasteiger partial charge in [0.2, 0.25) is 0 Å². The number of rotatable bonds is 4. The summed E-state index contributed by atoms with van der Waals surface area (Å²) in [7, 11) is 0. The lowest BCUT2D eigenvalue weighted by Gasteiger charge is -2.15. The van der Waals surface area contributed by atoms with Crippen molar-refractivity contribution in [1.82, 2.24) is 5.32 Å². The van der Waals surface area contributed by atoms with Crippen molar-refractivity contribution in [3.05, 3.63) is 28.2 Å². The van der Waals surface area contributed by atoms with Crippen LogP contribution < -0.4 is 10.1 Å². The molecule has 1 aromatic rings. The lowest BCUT2D eigenvalue weighted by molar-refractivity contribution is -0.127. The largest absolute Gasteiger partial charge is 0.479 e. The van der Waals surface area contributed by atoms with Crippen molar-refractivity contribution in [2.24, 2.45) is 0 Å². The van der Waals surface area contributed by atoms with Crippen molar-refractivity contribution in [3.63, 3.8) is 0 Å². The van der Waals surface area contributed by atoms with E-state index in [-0.39, 0.29) is 5.91 Å². The summed E-state index contributed by atoms with van der Waals surface area (Å²) in [6, 6.07) is 5.05. The van der Waals surface area contributed by atoms with E-state index in [1.165, 1.54) is 0 Å². The number of hydrogen-bond acceptors (Lipinski definition) is 2. The average Bonchev–Trinajstić information content (AvgIpc) is 2.25. The predicted molar refractivity (Wildman–Crippen MR) is 65.2 cm³/mol. The highest BCUT2D eigenvalue weighted by atomic mass is 35.5.